The number of anilines is 1. The number of hydrogen-bond donors (Lipinski definition) is 1. The van der Waals surface area contributed by atoms with E-state index in [1.165, 1.54) is 0 Å². The third-order valence-electron chi connectivity index (χ3n) is 4.73. The number of hydrogen-bond acceptors (Lipinski definition) is 5. The number of rotatable bonds is 4. The lowest BCUT2D eigenvalue weighted by atomic mass is 10.0. The minimum Gasteiger partial charge on any atom is -0.497 e. The molecular formula is C21H21N3O3S. The summed E-state index contributed by atoms with van der Waals surface area (Å²) in [6.07, 6.45) is 0. The molecule has 1 amide bonds. The van der Waals surface area contributed by atoms with Gasteiger partial charge in [0.1, 0.15) is 17.3 Å². The van der Waals surface area contributed by atoms with Crippen LogP contribution in [-0.4, -0.2) is 35.7 Å². The molecule has 0 saturated heterocycles. The minimum atomic E-state index is -0.0905. The van der Waals surface area contributed by atoms with Crippen LogP contribution in [0.25, 0.3) is 5.69 Å². The van der Waals surface area contributed by atoms with Gasteiger partial charge in [0.05, 0.1) is 36.6 Å². The molecule has 4 rings (SSSR count). The first-order valence-electron chi connectivity index (χ1n) is 8.90. The summed E-state index contributed by atoms with van der Waals surface area (Å²) in [5.74, 6) is 2.47. The van der Waals surface area contributed by atoms with Crippen LogP contribution in [0.4, 0.5) is 5.82 Å². The van der Waals surface area contributed by atoms with Crippen molar-refractivity contribution in [2.75, 3.05) is 25.3 Å². The van der Waals surface area contributed by atoms with Crippen LogP contribution in [-0.2, 0) is 4.79 Å². The summed E-state index contributed by atoms with van der Waals surface area (Å²) in [6.45, 7) is 1.97. The van der Waals surface area contributed by atoms with Gasteiger partial charge in [-0.25, -0.2) is 4.68 Å². The van der Waals surface area contributed by atoms with Crippen LogP contribution < -0.4 is 14.8 Å². The highest BCUT2D eigenvalue weighted by molar-refractivity contribution is 8.00. The fraction of sp³-hybridized carbons (Fsp3) is 0.238. The molecule has 0 spiro atoms. The van der Waals surface area contributed by atoms with E-state index in [9.17, 15) is 4.79 Å². The lowest BCUT2D eigenvalue weighted by molar-refractivity contribution is -0.113. The monoisotopic (exact) mass is 395 g/mol. The summed E-state index contributed by atoms with van der Waals surface area (Å²) in [5, 5.41) is 7.68. The van der Waals surface area contributed by atoms with Gasteiger partial charge in [0.25, 0.3) is 0 Å². The molecule has 28 heavy (non-hydrogen) atoms. The predicted octanol–water partition coefficient (Wildman–Crippen LogP) is 3.97. The van der Waals surface area contributed by atoms with Gasteiger partial charge in [0.15, 0.2) is 0 Å². The molecule has 7 heteroatoms. The molecule has 1 unspecified atom stereocenters. The number of benzene rings is 2. The maximum absolute atomic E-state index is 12.4. The first kappa shape index (κ1) is 18.4. The Labute approximate surface area is 167 Å². The lowest BCUT2D eigenvalue weighted by Gasteiger charge is -2.19. The molecule has 1 atom stereocenters. The molecule has 1 aliphatic rings. The van der Waals surface area contributed by atoms with Crippen molar-refractivity contribution in [3.63, 3.8) is 0 Å². The zero-order chi connectivity index (χ0) is 19.7. The second kappa shape index (κ2) is 7.59. The number of ether oxygens (including phenoxy) is 2. The number of fused-ring (bicyclic) bond motifs is 1. The van der Waals surface area contributed by atoms with E-state index in [-0.39, 0.29) is 11.2 Å². The molecule has 6 nitrogen and oxygen atoms in total. The van der Waals surface area contributed by atoms with Gasteiger partial charge in [-0.15, -0.1) is 11.8 Å². The number of nitrogens with one attached hydrogen (secondary N) is 1. The first-order valence-corrected chi connectivity index (χ1v) is 9.95. The Hall–Kier alpha value is -2.93. The number of aryl methyl sites for hydroxylation is 1. The molecule has 1 aromatic heterocycles. The SMILES string of the molecule is COc1ccc(C2SCC(=O)Nc3c2c(C)nn3-c2ccccc2)c(OC)c1. The van der Waals surface area contributed by atoms with Crippen molar-refractivity contribution in [2.24, 2.45) is 0 Å². The molecule has 0 aliphatic carbocycles. The third kappa shape index (κ3) is 3.22. The van der Waals surface area contributed by atoms with Gasteiger partial charge < -0.3 is 14.8 Å². The maximum atomic E-state index is 12.4. The Balaban J connectivity index is 1.89. The minimum absolute atomic E-state index is 0.0432. The zero-order valence-corrected chi connectivity index (χ0v) is 16.7. The number of carbonyl (C=O) groups excluding carboxylic acids is 1. The molecule has 0 bridgehead atoms. The van der Waals surface area contributed by atoms with Gasteiger partial charge in [0.2, 0.25) is 5.91 Å². The first-order chi connectivity index (χ1) is 13.6. The van der Waals surface area contributed by atoms with Gasteiger partial charge >= 0.3 is 0 Å². The summed E-state index contributed by atoms with van der Waals surface area (Å²) >= 11 is 1.57. The summed E-state index contributed by atoms with van der Waals surface area (Å²) in [6, 6.07) is 15.6. The molecule has 2 heterocycles. The van der Waals surface area contributed by atoms with Crippen LogP contribution in [0.3, 0.4) is 0 Å². The van der Waals surface area contributed by atoms with E-state index in [4.69, 9.17) is 14.6 Å². The number of carbonyl (C=O) groups is 1. The molecule has 3 aromatic rings. The Bertz CT molecular complexity index is 1020. The summed E-state index contributed by atoms with van der Waals surface area (Å²) < 4.78 is 12.8. The number of aromatic nitrogens is 2. The zero-order valence-electron chi connectivity index (χ0n) is 15.9. The lowest BCUT2D eigenvalue weighted by Crippen LogP contribution is -2.15. The van der Waals surface area contributed by atoms with E-state index in [1.807, 2.05) is 55.5 Å². The van der Waals surface area contributed by atoms with Gasteiger partial charge in [-0.2, -0.15) is 5.10 Å². The molecule has 0 fully saturated rings. The van der Waals surface area contributed by atoms with Crippen LogP contribution in [0.1, 0.15) is 22.1 Å². The fourth-order valence-electron chi connectivity index (χ4n) is 3.42. The van der Waals surface area contributed by atoms with Crippen LogP contribution in [0.5, 0.6) is 11.5 Å². The quantitative estimate of drug-likeness (QED) is 0.724. The van der Waals surface area contributed by atoms with Crippen LogP contribution >= 0.6 is 11.8 Å². The Morgan fingerprint density at radius 1 is 1.14 bits per heavy atom. The topological polar surface area (TPSA) is 65.4 Å². The maximum Gasteiger partial charge on any atom is 0.235 e. The Morgan fingerprint density at radius 3 is 2.64 bits per heavy atom. The van der Waals surface area contributed by atoms with Gasteiger partial charge in [-0.3, -0.25) is 4.79 Å². The second-order valence-corrected chi connectivity index (χ2v) is 7.54. The third-order valence-corrected chi connectivity index (χ3v) is 5.98. The van der Waals surface area contributed by atoms with Crippen LogP contribution in [0.2, 0.25) is 0 Å². The van der Waals surface area contributed by atoms with Crippen molar-refractivity contribution in [1.29, 1.82) is 0 Å². The van der Waals surface area contributed by atoms with Crippen molar-refractivity contribution in [3.05, 3.63) is 65.4 Å². The number of amides is 1. The van der Waals surface area contributed by atoms with Crippen molar-refractivity contribution >= 4 is 23.5 Å². The Morgan fingerprint density at radius 2 is 1.93 bits per heavy atom. The Kier molecular flexibility index (Phi) is 5.00. The highest BCUT2D eigenvalue weighted by Crippen LogP contribution is 2.47. The average molecular weight is 395 g/mol. The van der Waals surface area contributed by atoms with Crippen molar-refractivity contribution < 1.29 is 14.3 Å². The van der Waals surface area contributed by atoms with E-state index in [0.29, 0.717) is 11.6 Å². The van der Waals surface area contributed by atoms with Crippen LogP contribution in [0.15, 0.2) is 48.5 Å². The largest absolute Gasteiger partial charge is 0.497 e. The van der Waals surface area contributed by atoms with E-state index in [0.717, 1.165) is 34.0 Å². The number of thioether (sulfide) groups is 1. The summed E-state index contributed by atoms with van der Waals surface area (Å²) in [4.78, 5) is 12.4. The van der Waals surface area contributed by atoms with Crippen molar-refractivity contribution in [2.45, 2.75) is 12.2 Å². The van der Waals surface area contributed by atoms with E-state index >= 15 is 0 Å². The summed E-state index contributed by atoms with van der Waals surface area (Å²) in [5.41, 5.74) is 3.75. The van der Waals surface area contributed by atoms with Gasteiger partial charge in [0, 0.05) is 17.2 Å². The van der Waals surface area contributed by atoms with E-state index < -0.39 is 0 Å². The van der Waals surface area contributed by atoms with Gasteiger partial charge in [-0.1, -0.05) is 24.3 Å². The highest BCUT2D eigenvalue weighted by Gasteiger charge is 2.32. The molecule has 0 radical (unpaired) electrons. The van der Waals surface area contributed by atoms with Crippen molar-refractivity contribution in [3.8, 4) is 17.2 Å². The standard InChI is InChI=1S/C21H21N3O3S/c1-13-19-20(16-10-9-15(26-2)11-17(16)27-3)28-12-18(25)22-21(19)24(23-13)14-7-5-4-6-8-14/h4-11,20H,12H2,1-3H3,(H,22,25). The number of nitrogens with zero attached hydrogens (tertiary/aromatic N) is 2. The predicted molar refractivity (Wildman–Crippen MR) is 111 cm³/mol. The van der Waals surface area contributed by atoms with Crippen molar-refractivity contribution in [1.82, 2.24) is 9.78 Å². The highest BCUT2D eigenvalue weighted by atomic mass is 32.2. The molecule has 0 saturated carbocycles. The second-order valence-electron chi connectivity index (χ2n) is 6.44. The molecule has 1 aliphatic heterocycles. The van der Waals surface area contributed by atoms with Crippen LogP contribution in [0, 0.1) is 6.92 Å². The molecule has 2 aromatic carbocycles. The molecule has 1 N–H and O–H groups in total. The number of methoxy groups -OCH3 is 2. The smallest absolute Gasteiger partial charge is 0.235 e. The number of para-hydroxylation sites is 1. The molecule has 144 valence electrons. The summed E-state index contributed by atoms with van der Waals surface area (Å²) in [7, 11) is 3.27. The van der Waals surface area contributed by atoms with Gasteiger partial charge in [-0.05, 0) is 25.1 Å². The normalized spacial score (nSPS) is 16.1. The molecular weight excluding hydrogens is 374 g/mol. The van der Waals surface area contributed by atoms with E-state index in [1.54, 1.807) is 30.7 Å². The van der Waals surface area contributed by atoms with E-state index in [2.05, 4.69) is 5.32 Å². The average Bonchev–Trinajstić information content (AvgIpc) is 2.93. The fourth-order valence-corrected chi connectivity index (χ4v) is 4.63.